The molecule has 4 nitrogen and oxygen atoms in total. The number of nitro benzene ring substituents is 1. The molecular formula is C9H11FN2O2. The van der Waals surface area contributed by atoms with Crippen LogP contribution in [0.15, 0.2) is 18.2 Å². The Balaban J connectivity index is 3.20. The lowest BCUT2D eigenvalue weighted by Crippen LogP contribution is -2.11. The topological polar surface area (TPSA) is 69.2 Å². The second-order valence-electron chi connectivity index (χ2n) is 3.07. The zero-order chi connectivity index (χ0) is 10.7. The van der Waals surface area contributed by atoms with Crippen molar-refractivity contribution in [3.8, 4) is 0 Å². The summed E-state index contributed by atoms with van der Waals surface area (Å²) in [7, 11) is 0. The van der Waals surface area contributed by atoms with Gasteiger partial charge in [0.25, 0.3) is 0 Å². The largest absolute Gasteiger partial charge is 0.330 e. The molecule has 0 fully saturated rings. The minimum Gasteiger partial charge on any atom is -0.330 e. The van der Waals surface area contributed by atoms with Crippen LogP contribution in [0.2, 0.25) is 0 Å². The summed E-state index contributed by atoms with van der Waals surface area (Å²) in [4.78, 5) is 9.69. The van der Waals surface area contributed by atoms with Gasteiger partial charge in [0.2, 0.25) is 5.82 Å². The van der Waals surface area contributed by atoms with Crippen LogP contribution in [-0.4, -0.2) is 11.5 Å². The second kappa shape index (κ2) is 4.15. The Morgan fingerprint density at radius 2 is 2.29 bits per heavy atom. The Labute approximate surface area is 80.7 Å². The van der Waals surface area contributed by atoms with Crippen molar-refractivity contribution in [3.05, 3.63) is 39.7 Å². The third kappa shape index (κ3) is 1.88. The van der Waals surface area contributed by atoms with Gasteiger partial charge in [-0.05, 0) is 18.0 Å². The van der Waals surface area contributed by atoms with Crippen molar-refractivity contribution in [2.45, 2.75) is 12.8 Å². The van der Waals surface area contributed by atoms with Crippen molar-refractivity contribution in [2.24, 2.45) is 5.73 Å². The maximum Gasteiger partial charge on any atom is 0.305 e. The zero-order valence-corrected chi connectivity index (χ0v) is 7.74. The molecule has 14 heavy (non-hydrogen) atoms. The summed E-state index contributed by atoms with van der Waals surface area (Å²) in [6, 6.07) is 4.12. The van der Waals surface area contributed by atoms with E-state index in [2.05, 4.69) is 0 Å². The van der Waals surface area contributed by atoms with Gasteiger partial charge in [-0.25, -0.2) is 0 Å². The lowest BCUT2D eigenvalue weighted by molar-refractivity contribution is -0.387. The van der Waals surface area contributed by atoms with E-state index >= 15 is 0 Å². The molecule has 1 aromatic carbocycles. The summed E-state index contributed by atoms with van der Waals surface area (Å²) in [6.45, 7) is 1.99. The van der Waals surface area contributed by atoms with Gasteiger partial charge in [0.1, 0.15) is 0 Å². The molecule has 0 spiro atoms. The molecule has 76 valence electrons. The van der Waals surface area contributed by atoms with Crippen LogP contribution in [0.5, 0.6) is 0 Å². The van der Waals surface area contributed by atoms with Gasteiger partial charge in [-0.15, -0.1) is 0 Å². The highest BCUT2D eigenvalue weighted by Crippen LogP contribution is 2.25. The number of halogens is 1. The van der Waals surface area contributed by atoms with Crippen LogP contribution < -0.4 is 5.73 Å². The van der Waals surface area contributed by atoms with Gasteiger partial charge < -0.3 is 5.73 Å². The number of benzene rings is 1. The smallest absolute Gasteiger partial charge is 0.305 e. The molecule has 5 heteroatoms. The molecule has 0 amide bonds. The Morgan fingerprint density at radius 3 is 2.79 bits per heavy atom. The van der Waals surface area contributed by atoms with E-state index < -0.39 is 16.4 Å². The lowest BCUT2D eigenvalue weighted by atomic mass is 10.0. The number of nitrogens with zero attached hydrogens (tertiary/aromatic N) is 1. The SMILES string of the molecule is CC(CN)c1cccc([N+](=O)[O-])c1F. The molecule has 1 rings (SSSR count). The van der Waals surface area contributed by atoms with Crippen molar-refractivity contribution in [2.75, 3.05) is 6.54 Å². The third-order valence-corrected chi connectivity index (χ3v) is 2.09. The van der Waals surface area contributed by atoms with E-state index in [1.54, 1.807) is 6.92 Å². The molecule has 0 heterocycles. The summed E-state index contributed by atoms with van der Waals surface area (Å²) in [5.41, 5.74) is 5.16. The Bertz CT molecular complexity index is 355. The third-order valence-electron chi connectivity index (χ3n) is 2.09. The van der Waals surface area contributed by atoms with E-state index in [1.165, 1.54) is 12.1 Å². The summed E-state index contributed by atoms with van der Waals surface area (Å²) in [6.07, 6.45) is 0. The number of hydrogen-bond acceptors (Lipinski definition) is 3. The van der Waals surface area contributed by atoms with Crippen molar-refractivity contribution < 1.29 is 9.31 Å². The van der Waals surface area contributed by atoms with E-state index in [0.717, 1.165) is 6.07 Å². The second-order valence-corrected chi connectivity index (χ2v) is 3.07. The molecule has 0 aliphatic rings. The summed E-state index contributed by atoms with van der Waals surface area (Å²) >= 11 is 0. The average molecular weight is 198 g/mol. The number of nitro groups is 1. The van der Waals surface area contributed by atoms with Crippen molar-refractivity contribution in [3.63, 3.8) is 0 Å². The Morgan fingerprint density at radius 1 is 1.64 bits per heavy atom. The summed E-state index contributed by atoms with van der Waals surface area (Å²) < 4.78 is 13.5. The van der Waals surface area contributed by atoms with Gasteiger partial charge in [-0.1, -0.05) is 19.1 Å². The first-order valence-corrected chi connectivity index (χ1v) is 4.20. The highest BCUT2D eigenvalue weighted by Gasteiger charge is 2.19. The minimum atomic E-state index is -0.782. The molecule has 0 aliphatic heterocycles. The van der Waals surface area contributed by atoms with E-state index in [1.807, 2.05) is 0 Å². The molecule has 0 radical (unpaired) electrons. The van der Waals surface area contributed by atoms with Gasteiger partial charge in [-0.2, -0.15) is 4.39 Å². The molecule has 1 aromatic rings. The van der Waals surface area contributed by atoms with Crippen LogP contribution in [-0.2, 0) is 0 Å². The van der Waals surface area contributed by atoms with Crippen LogP contribution in [0.1, 0.15) is 18.4 Å². The van der Waals surface area contributed by atoms with E-state index in [-0.39, 0.29) is 12.5 Å². The van der Waals surface area contributed by atoms with E-state index in [4.69, 9.17) is 5.73 Å². The van der Waals surface area contributed by atoms with Crippen LogP contribution in [0.25, 0.3) is 0 Å². The summed E-state index contributed by atoms with van der Waals surface area (Å²) in [5, 5.41) is 10.4. The first-order valence-electron chi connectivity index (χ1n) is 4.20. The summed E-state index contributed by atoms with van der Waals surface area (Å²) in [5.74, 6) is -0.995. The molecule has 0 saturated carbocycles. The normalized spacial score (nSPS) is 12.5. The monoisotopic (exact) mass is 198 g/mol. The van der Waals surface area contributed by atoms with Gasteiger partial charge in [-0.3, -0.25) is 10.1 Å². The van der Waals surface area contributed by atoms with E-state index in [9.17, 15) is 14.5 Å². The minimum absolute atomic E-state index is 0.213. The highest BCUT2D eigenvalue weighted by molar-refractivity contribution is 5.38. The van der Waals surface area contributed by atoms with Gasteiger partial charge in [0, 0.05) is 6.07 Å². The molecule has 1 unspecified atom stereocenters. The van der Waals surface area contributed by atoms with Crippen LogP contribution in [0.3, 0.4) is 0 Å². The average Bonchev–Trinajstić information content (AvgIpc) is 2.16. The molecular weight excluding hydrogens is 187 g/mol. The lowest BCUT2D eigenvalue weighted by Gasteiger charge is -2.09. The van der Waals surface area contributed by atoms with Crippen molar-refractivity contribution >= 4 is 5.69 Å². The Kier molecular flexibility index (Phi) is 3.14. The fourth-order valence-corrected chi connectivity index (χ4v) is 1.19. The van der Waals surface area contributed by atoms with Gasteiger partial charge in [0.15, 0.2) is 0 Å². The van der Waals surface area contributed by atoms with Crippen LogP contribution in [0.4, 0.5) is 10.1 Å². The fourth-order valence-electron chi connectivity index (χ4n) is 1.19. The molecule has 1 atom stereocenters. The van der Waals surface area contributed by atoms with Crippen molar-refractivity contribution in [1.29, 1.82) is 0 Å². The van der Waals surface area contributed by atoms with Crippen LogP contribution in [0, 0.1) is 15.9 Å². The van der Waals surface area contributed by atoms with Crippen LogP contribution >= 0.6 is 0 Å². The van der Waals surface area contributed by atoms with Gasteiger partial charge in [0.05, 0.1) is 4.92 Å². The van der Waals surface area contributed by atoms with Gasteiger partial charge >= 0.3 is 5.69 Å². The number of hydrogen-bond donors (Lipinski definition) is 1. The first-order chi connectivity index (χ1) is 6.57. The molecule has 0 bridgehead atoms. The fraction of sp³-hybridized carbons (Fsp3) is 0.333. The number of rotatable bonds is 3. The van der Waals surface area contributed by atoms with E-state index in [0.29, 0.717) is 5.56 Å². The number of nitrogens with two attached hydrogens (primary N) is 1. The standard InChI is InChI=1S/C9H11FN2O2/c1-6(5-11)7-3-2-4-8(9(7)10)12(13)14/h2-4,6H,5,11H2,1H3. The van der Waals surface area contributed by atoms with Crippen molar-refractivity contribution in [1.82, 2.24) is 0 Å². The molecule has 2 N–H and O–H groups in total. The first kappa shape index (κ1) is 10.6. The maximum absolute atomic E-state index is 13.5. The molecule has 0 aromatic heterocycles. The zero-order valence-electron chi connectivity index (χ0n) is 7.74. The quantitative estimate of drug-likeness (QED) is 0.594. The molecule has 0 aliphatic carbocycles. The maximum atomic E-state index is 13.5. The predicted octanol–water partition coefficient (Wildman–Crippen LogP) is 1.80. The Hall–Kier alpha value is -1.49. The molecule has 0 saturated heterocycles. The predicted molar refractivity (Wildman–Crippen MR) is 50.5 cm³/mol. The highest BCUT2D eigenvalue weighted by atomic mass is 19.1.